The minimum atomic E-state index is -0.286. The summed E-state index contributed by atoms with van der Waals surface area (Å²) in [6, 6.07) is 22.9. The fraction of sp³-hybridized carbons (Fsp3) is 0.269. The minimum Gasteiger partial charge on any atom is -0.496 e. The van der Waals surface area contributed by atoms with Crippen molar-refractivity contribution in [2.24, 2.45) is 5.41 Å². The van der Waals surface area contributed by atoms with E-state index < -0.39 is 0 Å². The third-order valence-electron chi connectivity index (χ3n) is 4.98. The molecule has 0 saturated carbocycles. The lowest BCUT2D eigenvalue weighted by molar-refractivity contribution is 0.0191. The molecule has 1 N–H and O–H groups in total. The van der Waals surface area contributed by atoms with Crippen molar-refractivity contribution >= 4 is 5.78 Å². The Balaban J connectivity index is 1.77. The summed E-state index contributed by atoms with van der Waals surface area (Å²) in [5.41, 5.74) is 4.03. The molecule has 0 aromatic heterocycles. The van der Waals surface area contributed by atoms with Gasteiger partial charge in [0.2, 0.25) is 0 Å². The van der Waals surface area contributed by atoms with Crippen molar-refractivity contribution in [3.05, 3.63) is 89.5 Å². The molecular weight excluding hydrogens is 376 g/mol. The molecule has 0 fully saturated rings. The van der Waals surface area contributed by atoms with Gasteiger partial charge in [-0.05, 0) is 23.3 Å². The molecule has 0 atom stereocenters. The number of aliphatic hydroxyl groups excluding tert-OH is 1. The Morgan fingerprint density at radius 2 is 1.53 bits per heavy atom. The van der Waals surface area contributed by atoms with E-state index in [2.05, 4.69) is 0 Å². The van der Waals surface area contributed by atoms with Gasteiger partial charge in [-0.2, -0.15) is 0 Å². The highest BCUT2D eigenvalue weighted by Crippen LogP contribution is 2.28. The van der Waals surface area contributed by atoms with Crippen molar-refractivity contribution in [3.8, 4) is 16.9 Å². The summed E-state index contributed by atoms with van der Waals surface area (Å²) < 4.78 is 11.3. The standard InChI is InChI=1S/C26H28O4/c1-26(2,17-27)18-30-16-23-15-22(13-14-24(23)29-3)19-9-11-21(12-10-19)25(28)20-7-5-4-6-8-20/h4-15,27H,16-18H2,1-3H3. The number of hydrogen-bond donors (Lipinski definition) is 1. The molecule has 0 aliphatic heterocycles. The van der Waals surface area contributed by atoms with E-state index in [9.17, 15) is 9.90 Å². The molecule has 0 aliphatic carbocycles. The fourth-order valence-electron chi connectivity index (χ4n) is 3.12. The van der Waals surface area contributed by atoms with Crippen LogP contribution in [0.2, 0.25) is 0 Å². The van der Waals surface area contributed by atoms with E-state index in [0.29, 0.717) is 24.3 Å². The number of carbonyl (C=O) groups excluding carboxylic acids is 1. The van der Waals surface area contributed by atoms with Gasteiger partial charge in [-0.1, -0.05) is 74.5 Å². The van der Waals surface area contributed by atoms with Crippen molar-refractivity contribution in [1.29, 1.82) is 0 Å². The predicted molar refractivity (Wildman–Crippen MR) is 119 cm³/mol. The van der Waals surface area contributed by atoms with E-state index in [1.165, 1.54) is 0 Å². The van der Waals surface area contributed by atoms with Gasteiger partial charge in [0.05, 0.1) is 26.9 Å². The minimum absolute atomic E-state index is 0.0115. The van der Waals surface area contributed by atoms with Crippen LogP contribution in [0.25, 0.3) is 11.1 Å². The lowest BCUT2D eigenvalue weighted by Gasteiger charge is -2.21. The van der Waals surface area contributed by atoms with Gasteiger partial charge in [-0.3, -0.25) is 4.79 Å². The average Bonchev–Trinajstić information content (AvgIpc) is 2.79. The van der Waals surface area contributed by atoms with E-state index in [1.54, 1.807) is 7.11 Å². The Morgan fingerprint density at radius 1 is 0.900 bits per heavy atom. The lowest BCUT2D eigenvalue weighted by atomic mass is 9.96. The molecular formula is C26H28O4. The molecule has 0 radical (unpaired) electrons. The summed E-state index contributed by atoms with van der Waals surface area (Å²) in [5, 5.41) is 9.39. The van der Waals surface area contributed by atoms with Crippen molar-refractivity contribution < 1.29 is 19.4 Å². The highest BCUT2D eigenvalue weighted by Gasteiger charge is 2.17. The van der Waals surface area contributed by atoms with Crippen LogP contribution in [0, 0.1) is 5.41 Å². The van der Waals surface area contributed by atoms with Crippen molar-refractivity contribution in [3.63, 3.8) is 0 Å². The first-order valence-corrected chi connectivity index (χ1v) is 9.99. The highest BCUT2D eigenvalue weighted by molar-refractivity contribution is 6.09. The first-order chi connectivity index (χ1) is 14.4. The van der Waals surface area contributed by atoms with Gasteiger partial charge in [0.15, 0.2) is 5.78 Å². The zero-order chi connectivity index (χ0) is 21.6. The third kappa shape index (κ3) is 5.35. The van der Waals surface area contributed by atoms with E-state index >= 15 is 0 Å². The Hall–Kier alpha value is -2.95. The molecule has 0 heterocycles. The summed E-state index contributed by atoms with van der Waals surface area (Å²) >= 11 is 0. The first-order valence-electron chi connectivity index (χ1n) is 9.99. The largest absolute Gasteiger partial charge is 0.496 e. The number of aliphatic hydroxyl groups is 1. The number of ether oxygens (including phenoxy) is 2. The Labute approximate surface area is 178 Å². The SMILES string of the molecule is COc1ccc(-c2ccc(C(=O)c3ccccc3)cc2)cc1COCC(C)(C)CO. The highest BCUT2D eigenvalue weighted by atomic mass is 16.5. The van der Waals surface area contributed by atoms with Crippen molar-refractivity contribution in [2.45, 2.75) is 20.5 Å². The van der Waals surface area contributed by atoms with Crippen LogP contribution >= 0.6 is 0 Å². The Kier molecular flexibility index (Phi) is 7.03. The molecule has 3 rings (SSSR count). The summed E-state index contributed by atoms with van der Waals surface area (Å²) in [5.74, 6) is 0.772. The van der Waals surface area contributed by atoms with Crippen LogP contribution in [0.5, 0.6) is 5.75 Å². The summed E-state index contributed by atoms with van der Waals surface area (Å²) in [4.78, 5) is 12.6. The molecule has 3 aromatic carbocycles. The summed E-state index contributed by atoms with van der Waals surface area (Å²) in [6.07, 6.45) is 0. The van der Waals surface area contributed by atoms with Crippen molar-refractivity contribution in [2.75, 3.05) is 20.3 Å². The van der Waals surface area contributed by atoms with Gasteiger partial charge < -0.3 is 14.6 Å². The summed E-state index contributed by atoms with van der Waals surface area (Å²) in [7, 11) is 1.64. The molecule has 0 amide bonds. The molecule has 30 heavy (non-hydrogen) atoms. The molecule has 4 nitrogen and oxygen atoms in total. The van der Waals surface area contributed by atoms with Crippen molar-refractivity contribution in [1.82, 2.24) is 0 Å². The number of benzene rings is 3. The maximum atomic E-state index is 12.6. The Bertz CT molecular complexity index is 976. The van der Waals surface area contributed by atoms with Crippen LogP contribution in [0.3, 0.4) is 0 Å². The van der Waals surface area contributed by atoms with Crippen LogP contribution < -0.4 is 4.74 Å². The van der Waals surface area contributed by atoms with Crippen LogP contribution in [-0.2, 0) is 11.3 Å². The van der Waals surface area contributed by atoms with E-state index in [-0.39, 0.29) is 17.8 Å². The number of hydrogen-bond acceptors (Lipinski definition) is 4. The number of rotatable bonds is 9. The molecule has 0 aliphatic rings. The molecule has 0 spiro atoms. The average molecular weight is 405 g/mol. The number of ketones is 1. The smallest absolute Gasteiger partial charge is 0.193 e. The third-order valence-corrected chi connectivity index (χ3v) is 4.98. The van der Waals surface area contributed by atoms with Gasteiger partial charge in [0.1, 0.15) is 5.75 Å². The molecule has 4 heteroatoms. The van der Waals surface area contributed by atoms with Gasteiger partial charge in [0.25, 0.3) is 0 Å². The van der Waals surface area contributed by atoms with Crippen LogP contribution in [0.1, 0.15) is 35.3 Å². The van der Waals surface area contributed by atoms with Gasteiger partial charge in [-0.15, -0.1) is 0 Å². The molecule has 0 bridgehead atoms. The molecule has 0 unspecified atom stereocenters. The van der Waals surface area contributed by atoms with E-state index in [0.717, 1.165) is 22.4 Å². The zero-order valence-corrected chi connectivity index (χ0v) is 17.7. The second-order valence-corrected chi connectivity index (χ2v) is 8.11. The van der Waals surface area contributed by atoms with E-state index in [1.807, 2.05) is 86.6 Å². The second kappa shape index (κ2) is 9.70. The maximum Gasteiger partial charge on any atom is 0.193 e. The van der Waals surface area contributed by atoms with Crippen LogP contribution in [-0.4, -0.2) is 31.2 Å². The fourth-order valence-corrected chi connectivity index (χ4v) is 3.12. The Morgan fingerprint density at radius 3 is 2.17 bits per heavy atom. The number of carbonyl (C=O) groups is 1. The topological polar surface area (TPSA) is 55.8 Å². The molecule has 3 aromatic rings. The van der Waals surface area contributed by atoms with E-state index in [4.69, 9.17) is 9.47 Å². The van der Waals surface area contributed by atoms with Gasteiger partial charge in [0, 0.05) is 22.1 Å². The second-order valence-electron chi connectivity index (χ2n) is 8.11. The van der Waals surface area contributed by atoms with Gasteiger partial charge >= 0.3 is 0 Å². The monoisotopic (exact) mass is 404 g/mol. The number of methoxy groups -OCH3 is 1. The molecule has 0 saturated heterocycles. The normalized spacial score (nSPS) is 11.3. The quantitative estimate of drug-likeness (QED) is 0.503. The lowest BCUT2D eigenvalue weighted by Crippen LogP contribution is -2.23. The predicted octanol–water partition coefficient (Wildman–Crippen LogP) is 5.13. The summed E-state index contributed by atoms with van der Waals surface area (Å²) in [6.45, 7) is 4.83. The van der Waals surface area contributed by atoms with Gasteiger partial charge in [-0.25, -0.2) is 0 Å². The van der Waals surface area contributed by atoms with Crippen LogP contribution in [0.15, 0.2) is 72.8 Å². The zero-order valence-electron chi connectivity index (χ0n) is 17.7. The molecule has 156 valence electrons. The first kappa shape index (κ1) is 21.8. The van der Waals surface area contributed by atoms with Crippen LogP contribution in [0.4, 0.5) is 0 Å². The maximum absolute atomic E-state index is 12.6.